The number of carboxylic acids is 1. The van der Waals surface area contributed by atoms with Gasteiger partial charge < -0.3 is 9.84 Å². The van der Waals surface area contributed by atoms with Gasteiger partial charge in [-0.15, -0.1) is 0 Å². The standard InChI is InChI=1S/C12H13N3O3S/c1-8-5-14-12(19-7-11(16)17)15(8)9-3-4-10(18-2)13-6-9/h3-6H,7H2,1-2H3,(H,16,17). The summed E-state index contributed by atoms with van der Waals surface area (Å²) in [6, 6.07) is 3.60. The molecule has 100 valence electrons. The van der Waals surface area contributed by atoms with Crippen molar-refractivity contribution in [2.24, 2.45) is 0 Å². The molecule has 2 rings (SSSR count). The fourth-order valence-corrected chi connectivity index (χ4v) is 2.34. The molecular weight excluding hydrogens is 266 g/mol. The van der Waals surface area contributed by atoms with Crippen LogP contribution in [0.5, 0.6) is 5.88 Å². The Bertz CT molecular complexity index is 580. The van der Waals surface area contributed by atoms with E-state index in [1.807, 2.05) is 17.6 Å². The van der Waals surface area contributed by atoms with E-state index < -0.39 is 5.97 Å². The highest BCUT2D eigenvalue weighted by atomic mass is 32.2. The number of aliphatic carboxylic acids is 1. The van der Waals surface area contributed by atoms with E-state index in [9.17, 15) is 4.79 Å². The molecule has 19 heavy (non-hydrogen) atoms. The van der Waals surface area contributed by atoms with E-state index in [1.54, 1.807) is 25.6 Å². The minimum atomic E-state index is -0.870. The number of methoxy groups -OCH3 is 1. The number of carbonyl (C=O) groups is 1. The summed E-state index contributed by atoms with van der Waals surface area (Å²) in [4.78, 5) is 19.0. The van der Waals surface area contributed by atoms with E-state index in [-0.39, 0.29) is 5.75 Å². The van der Waals surface area contributed by atoms with Crippen LogP contribution in [0, 0.1) is 6.92 Å². The predicted molar refractivity (Wildman–Crippen MR) is 71.0 cm³/mol. The van der Waals surface area contributed by atoms with Crippen molar-refractivity contribution in [3.8, 4) is 11.6 Å². The number of hydrogen-bond donors (Lipinski definition) is 1. The molecule has 0 aromatic carbocycles. The van der Waals surface area contributed by atoms with Crippen molar-refractivity contribution >= 4 is 17.7 Å². The van der Waals surface area contributed by atoms with Gasteiger partial charge in [0.15, 0.2) is 5.16 Å². The van der Waals surface area contributed by atoms with Gasteiger partial charge in [0.25, 0.3) is 0 Å². The molecule has 2 heterocycles. The van der Waals surface area contributed by atoms with Gasteiger partial charge in [-0.3, -0.25) is 9.36 Å². The smallest absolute Gasteiger partial charge is 0.313 e. The number of carboxylic acid groups (broad SMARTS) is 1. The molecule has 7 heteroatoms. The first-order valence-electron chi connectivity index (χ1n) is 5.51. The molecule has 0 saturated heterocycles. The number of aromatic nitrogens is 3. The first-order valence-corrected chi connectivity index (χ1v) is 6.49. The molecule has 0 radical (unpaired) electrons. The van der Waals surface area contributed by atoms with Crippen molar-refractivity contribution in [1.82, 2.24) is 14.5 Å². The molecule has 2 aromatic rings. The van der Waals surface area contributed by atoms with E-state index in [2.05, 4.69) is 9.97 Å². The van der Waals surface area contributed by atoms with Crippen LogP contribution in [-0.4, -0.2) is 38.5 Å². The third-order valence-corrected chi connectivity index (χ3v) is 3.36. The zero-order chi connectivity index (χ0) is 13.8. The largest absolute Gasteiger partial charge is 0.481 e. The minimum absolute atomic E-state index is 0.0277. The first kappa shape index (κ1) is 13.4. The van der Waals surface area contributed by atoms with E-state index in [0.717, 1.165) is 11.4 Å². The third-order valence-electron chi connectivity index (χ3n) is 2.42. The Balaban J connectivity index is 2.31. The van der Waals surface area contributed by atoms with Crippen molar-refractivity contribution in [1.29, 1.82) is 0 Å². The van der Waals surface area contributed by atoms with Crippen LogP contribution < -0.4 is 4.74 Å². The Morgan fingerprint density at radius 3 is 2.79 bits per heavy atom. The second-order valence-corrected chi connectivity index (χ2v) is 4.70. The minimum Gasteiger partial charge on any atom is -0.481 e. The summed E-state index contributed by atoms with van der Waals surface area (Å²) >= 11 is 1.17. The molecule has 0 amide bonds. The van der Waals surface area contributed by atoms with Crippen molar-refractivity contribution in [2.45, 2.75) is 12.1 Å². The fourth-order valence-electron chi connectivity index (χ4n) is 1.58. The number of aryl methyl sites for hydroxylation is 1. The molecule has 0 atom stereocenters. The number of nitrogens with zero attached hydrogens (tertiary/aromatic N) is 3. The highest BCUT2D eigenvalue weighted by Gasteiger charge is 2.11. The predicted octanol–water partition coefficient (Wildman–Crippen LogP) is 1.76. The van der Waals surface area contributed by atoms with Gasteiger partial charge in [0.05, 0.1) is 24.7 Å². The molecule has 0 aliphatic rings. The van der Waals surface area contributed by atoms with E-state index in [4.69, 9.17) is 9.84 Å². The van der Waals surface area contributed by atoms with Gasteiger partial charge in [0, 0.05) is 18.0 Å². The summed E-state index contributed by atoms with van der Waals surface area (Å²) in [7, 11) is 1.55. The summed E-state index contributed by atoms with van der Waals surface area (Å²) < 4.78 is 6.87. The molecule has 0 aliphatic carbocycles. The summed E-state index contributed by atoms with van der Waals surface area (Å²) in [6.45, 7) is 1.90. The molecule has 1 N–H and O–H groups in total. The van der Waals surface area contributed by atoms with Gasteiger partial charge in [0.2, 0.25) is 5.88 Å². The maximum Gasteiger partial charge on any atom is 0.313 e. The monoisotopic (exact) mass is 279 g/mol. The van der Waals surface area contributed by atoms with Gasteiger partial charge in [0.1, 0.15) is 0 Å². The van der Waals surface area contributed by atoms with E-state index >= 15 is 0 Å². The SMILES string of the molecule is COc1ccc(-n2c(C)cnc2SCC(=O)O)cn1. The van der Waals surface area contributed by atoms with Crippen LogP contribution in [0.1, 0.15) is 5.69 Å². The molecule has 6 nitrogen and oxygen atoms in total. The number of thioether (sulfide) groups is 1. The average Bonchev–Trinajstić information content (AvgIpc) is 2.78. The maximum atomic E-state index is 10.6. The van der Waals surface area contributed by atoms with Crippen LogP contribution in [0.2, 0.25) is 0 Å². The number of imidazole rings is 1. The summed E-state index contributed by atoms with van der Waals surface area (Å²) in [5.74, 6) is -0.369. The number of hydrogen-bond acceptors (Lipinski definition) is 5. The van der Waals surface area contributed by atoms with Crippen LogP contribution in [-0.2, 0) is 4.79 Å². The quantitative estimate of drug-likeness (QED) is 0.840. The van der Waals surface area contributed by atoms with Crippen LogP contribution in [0.15, 0.2) is 29.7 Å². The van der Waals surface area contributed by atoms with Gasteiger partial charge in [-0.05, 0) is 13.0 Å². The van der Waals surface area contributed by atoms with Crippen LogP contribution in [0.3, 0.4) is 0 Å². The van der Waals surface area contributed by atoms with Gasteiger partial charge >= 0.3 is 5.97 Å². The normalized spacial score (nSPS) is 10.4. The van der Waals surface area contributed by atoms with Crippen LogP contribution in [0.4, 0.5) is 0 Å². The Morgan fingerprint density at radius 1 is 1.42 bits per heavy atom. The molecule has 0 bridgehead atoms. The molecule has 2 aromatic heterocycles. The Morgan fingerprint density at radius 2 is 2.21 bits per heavy atom. The lowest BCUT2D eigenvalue weighted by atomic mass is 10.4. The highest BCUT2D eigenvalue weighted by Crippen LogP contribution is 2.23. The van der Waals surface area contributed by atoms with Gasteiger partial charge in [-0.1, -0.05) is 11.8 Å². The Labute approximate surface area is 114 Å². The number of ether oxygens (including phenoxy) is 1. The van der Waals surface area contributed by atoms with E-state index in [0.29, 0.717) is 11.0 Å². The summed E-state index contributed by atoms with van der Waals surface area (Å²) in [5.41, 5.74) is 1.74. The third kappa shape index (κ3) is 3.05. The second-order valence-electron chi connectivity index (χ2n) is 3.76. The topological polar surface area (TPSA) is 77.2 Å². The van der Waals surface area contributed by atoms with Crippen molar-refractivity contribution in [3.05, 3.63) is 30.2 Å². The summed E-state index contributed by atoms with van der Waals surface area (Å²) in [5, 5.41) is 9.36. The zero-order valence-corrected chi connectivity index (χ0v) is 11.3. The van der Waals surface area contributed by atoms with E-state index in [1.165, 1.54) is 11.8 Å². The Kier molecular flexibility index (Phi) is 4.06. The molecule has 0 fully saturated rings. The average molecular weight is 279 g/mol. The molecule has 0 aliphatic heterocycles. The zero-order valence-electron chi connectivity index (χ0n) is 10.5. The van der Waals surface area contributed by atoms with Crippen molar-refractivity contribution in [2.75, 3.05) is 12.9 Å². The van der Waals surface area contributed by atoms with Crippen LogP contribution in [0.25, 0.3) is 5.69 Å². The Hall–Kier alpha value is -2.02. The lowest BCUT2D eigenvalue weighted by molar-refractivity contribution is -0.133. The number of pyridine rings is 1. The van der Waals surface area contributed by atoms with Crippen molar-refractivity contribution in [3.63, 3.8) is 0 Å². The lowest BCUT2D eigenvalue weighted by Crippen LogP contribution is -2.03. The molecular formula is C12H13N3O3S. The lowest BCUT2D eigenvalue weighted by Gasteiger charge is -2.09. The highest BCUT2D eigenvalue weighted by molar-refractivity contribution is 7.99. The second kappa shape index (κ2) is 5.75. The van der Waals surface area contributed by atoms with Gasteiger partial charge in [-0.2, -0.15) is 0 Å². The first-order chi connectivity index (χ1) is 9.11. The molecule has 0 unspecified atom stereocenters. The molecule has 0 saturated carbocycles. The van der Waals surface area contributed by atoms with Crippen molar-refractivity contribution < 1.29 is 14.6 Å². The number of rotatable bonds is 5. The molecule has 0 spiro atoms. The maximum absolute atomic E-state index is 10.6. The fraction of sp³-hybridized carbons (Fsp3) is 0.250. The van der Waals surface area contributed by atoms with Crippen LogP contribution >= 0.6 is 11.8 Å². The summed E-state index contributed by atoms with van der Waals surface area (Å²) in [6.07, 6.45) is 3.37. The van der Waals surface area contributed by atoms with Gasteiger partial charge in [-0.25, -0.2) is 9.97 Å².